The van der Waals surface area contributed by atoms with E-state index in [1.54, 1.807) is 13.8 Å². The third kappa shape index (κ3) is 3.14. The van der Waals surface area contributed by atoms with Crippen LogP contribution < -0.4 is 5.32 Å². The van der Waals surface area contributed by atoms with Crippen molar-refractivity contribution in [3.63, 3.8) is 0 Å². The van der Waals surface area contributed by atoms with Gasteiger partial charge in [-0.15, -0.1) is 0 Å². The fraction of sp³-hybridized carbons (Fsp3) is 0.588. The standard InChI is InChI=1S/C17H22BrN3O3/c1-10-13(14(18)11(2)23-10)15(22)20-17(8-6-4-5-7-9-17)16-19-12(3)24-21-16/h4-9H2,1-3H3,(H,20,22). The van der Waals surface area contributed by atoms with Gasteiger partial charge in [0.05, 0.1) is 10.0 Å². The molecule has 130 valence electrons. The lowest BCUT2D eigenvalue weighted by Crippen LogP contribution is -2.46. The zero-order chi connectivity index (χ0) is 17.3. The van der Waals surface area contributed by atoms with Crippen molar-refractivity contribution in [1.82, 2.24) is 15.5 Å². The van der Waals surface area contributed by atoms with Gasteiger partial charge >= 0.3 is 0 Å². The highest BCUT2D eigenvalue weighted by molar-refractivity contribution is 9.10. The van der Waals surface area contributed by atoms with Crippen LogP contribution in [0.2, 0.25) is 0 Å². The zero-order valence-electron chi connectivity index (χ0n) is 14.2. The molecule has 1 N–H and O–H groups in total. The van der Waals surface area contributed by atoms with Gasteiger partial charge in [-0.2, -0.15) is 4.98 Å². The number of nitrogens with zero attached hydrogens (tertiary/aromatic N) is 2. The lowest BCUT2D eigenvalue weighted by molar-refractivity contribution is 0.0874. The average Bonchev–Trinajstić information content (AvgIpc) is 2.96. The Hall–Kier alpha value is -1.63. The van der Waals surface area contributed by atoms with E-state index in [4.69, 9.17) is 8.94 Å². The van der Waals surface area contributed by atoms with E-state index in [2.05, 4.69) is 31.4 Å². The smallest absolute Gasteiger partial charge is 0.256 e. The predicted molar refractivity (Wildman–Crippen MR) is 91.8 cm³/mol. The van der Waals surface area contributed by atoms with Crippen molar-refractivity contribution in [1.29, 1.82) is 0 Å². The molecule has 1 aliphatic carbocycles. The number of amides is 1. The maximum atomic E-state index is 13.0. The molecule has 2 aromatic heterocycles. The van der Waals surface area contributed by atoms with Crippen LogP contribution in [0.1, 0.15) is 72.1 Å². The Morgan fingerprint density at radius 2 is 1.79 bits per heavy atom. The van der Waals surface area contributed by atoms with Crippen LogP contribution in [-0.2, 0) is 5.54 Å². The molecule has 2 heterocycles. The molecular formula is C17H22BrN3O3. The number of halogens is 1. The SMILES string of the molecule is Cc1nc(C2(NC(=O)c3c(C)oc(C)c3Br)CCCCCC2)no1. The van der Waals surface area contributed by atoms with E-state index in [-0.39, 0.29) is 5.91 Å². The highest BCUT2D eigenvalue weighted by atomic mass is 79.9. The predicted octanol–water partition coefficient (Wildman–Crippen LogP) is 4.33. The van der Waals surface area contributed by atoms with Gasteiger partial charge in [-0.1, -0.05) is 30.8 Å². The van der Waals surface area contributed by atoms with Gasteiger partial charge in [0.2, 0.25) is 5.89 Å². The Morgan fingerprint density at radius 3 is 2.29 bits per heavy atom. The Kier molecular flexibility index (Phi) is 4.80. The van der Waals surface area contributed by atoms with Crippen molar-refractivity contribution in [3.8, 4) is 0 Å². The molecule has 1 aliphatic rings. The van der Waals surface area contributed by atoms with Crippen LogP contribution in [0.25, 0.3) is 0 Å². The first-order chi connectivity index (χ1) is 11.4. The zero-order valence-corrected chi connectivity index (χ0v) is 15.8. The van der Waals surface area contributed by atoms with E-state index in [0.29, 0.717) is 33.3 Å². The Balaban J connectivity index is 1.96. The van der Waals surface area contributed by atoms with Gasteiger partial charge in [-0.25, -0.2) is 0 Å². The van der Waals surface area contributed by atoms with Gasteiger partial charge in [0.25, 0.3) is 5.91 Å². The summed E-state index contributed by atoms with van der Waals surface area (Å²) in [7, 11) is 0. The highest BCUT2D eigenvalue weighted by Gasteiger charge is 2.40. The van der Waals surface area contributed by atoms with Crippen molar-refractivity contribution in [2.45, 2.75) is 64.8 Å². The van der Waals surface area contributed by atoms with Crippen LogP contribution in [-0.4, -0.2) is 16.0 Å². The third-order valence-electron chi connectivity index (χ3n) is 4.68. The summed E-state index contributed by atoms with van der Waals surface area (Å²) >= 11 is 3.46. The number of rotatable bonds is 3. The Bertz CT molecular complexity index is 742. The largest absolute Gasteiger partial charge is 0.465 e. The maximum absolute atomic E-state index is 13.0. The van der Waals surface area contributed by atoms with Crippen molar-refractivity contribution in [3.05, 3.63) is 33.3 Å². The van der Waals surface area contributed by atoms with E-state index < -0.39 is 5.54 Å². The minimum Gasteiger partial charge on any atom is -0.465 e. The summed E-state index contributed by atoms with van der Waals surface area (Å²) in [6.45, 7) is 5.39. The van der Waals surface area contributed by atoms with Crippen LogP contribution in [0.15, 0.2) is 13.4 Å². The molecule has 0 radical (unpaired) electrons. The first kappa shape index (κ1) is 17.2. The topological polar surface area (TPSA) is 81.2 Å². The molecule has 1 saturated carbocycles. The van der Waals surface area contributed by atoms with Gasteiger partial charge in [-0.05, 0) is 42.6 Å². The summed E-state index contributed by atoms with van der Waals surface area (Å²) in [6, 6.07) is 0. The molecule has 1 amide bonds. The molecule has 0 saturated heterocycles. The molecule has 0 aliphatic heterocycles. The molecule has 0 unspecified atom stereocenters. The number of hydrogen-bond donors (Lipinski definition) is 1. The molecular weight excluding hydrogens is 374 g/mol. The molecule has 7 heteroatoms. The minimum absolute atomic E-state index is 0.166. The van der Waals surface area contributed by atoms with Crippen LogP contribution >= 0.6 is 15.9 Å². The average molecular weight is 396 g/mol. The van der Waals surface area contributed by atoms with Gasteiger partial charge in [0.15, 0.2) is 5.82 Å². The number of hydrogen-bond acceptors (Lipinski definition) is 5. The third-order valence-corrected chi connectivity index (χ3v) is 5.63. The normalized spacial score (nSPS) is 17.5. The Labute approximate surface area is 149 Å². The minimum atomic E-state index is -0.581. The second kappa shape index (κ2) is 6.70. The number of furan rings is 1. The quantitative estimate of drug-likeness (QED) is 0.781. The maximum Gasteiger partial charge on any atom is 0.256 e. The highest BCUT2D eigenvalue weighted by Crippen LogP contribution is 2.36. The molecule has 2 aromatic rings. The number of carbonyl (C=O) groups excluding carboxylic acids is 1. The van der Waals surface area contributed by atoms with Crippen LogP contribution in [0, 0.1) is 20.8 Å². The number of carbonyl (C=O) groups is 1. The number of aromatic nitrogens is 2. The van der Waals surface area contributed by atoms with Crippen LogP contribution in [0.4, 0.5) is 0 Å². The second-order valence-corrected chi connectivity index (χ2v) is 7.28. The summed E-state index contributed by atoms with van der Waals surface area (Å²) in [5.74, 6) is 2.22. The van der Waals surface area contributed by atoms with Crippen LogP contribution in [0.3, 0.4) is 0 Å². The van der Waals surface area contributed by atoms with E-state index in [0.717, 1.165) is 38.5 Å². The molecule has 3 rings (SSSR count). The van der Waals surface area contributed by atoms with Crippen molar-refractivity contribution < 1.29 is 13.7 Å². The van der Waals surface area contributed by atoms with E-state index in [1.165, 1.54) is 0 Å². The summed E-state index contributed by atoms with van der Waals surface area (Å²) in [4.78, 5) is 17.4. The monoisotopic (exact) mass is 395 g/mol. The van der Waals surface area contributed by atoms with Crippen molar-refractivity contribution >= 4 is 21.8 Å². The lowest BCUT2D eigenvalue weighted by atomic mass is 9.88. The van der Waals surface area contributed by atoms with E-state index >= 15 is 0 Å². The lowest BCUT2D eigenvalue weighted by Gasteiger charge is -2.30. The van der Waals surface area contributed by atoms with Crippen molar-refractivity contribution in [2.24, 2.45) is 0 Å². The molecule has 6 nitrogen and oxygen atoms in total. The summed E-state index contributed by atoms with van der Waals surface area (Å²) in [6.07, 6.45) is 5.98. The van der Waals surface area contributed by atoms with Crippen LogP contribution in [0.5, 0.6) is 0 Å². The summed E-state index contributed by atoms with van der Waals surface area (Å²) in [5.41, 5.74) is -0.0427. The van der Waals surface area contributed by atoms with Gasteiger partial charge in [0, 0.05) is 6.92 Å². The molecule has 0 spiro atoms. The van der Waals surface area contributed by atoms with E-state index in [9.17, 15) is 4.79 Å². The van der Waals surface area contributed by atoms with Gasteiger partial charge in [0.1, 0.15) is 17.1 Å². The molecule has 0 atom stereocenters. The molecule has 0 aromatic carbocycles. The fourth-order valence-electron chi connectivity index (χ4n) is 3.43. The first-order valence-electron chi connectivity index (χ1n) is 8.32. The van der Waals surface area contributed by atoms with Crippen molar-refractivity contribution in [2.75, 3.05) is 0 Å². The fourth-order valence-corrected chi connectivity index (χ4v) is 3.97. The summed E-state index contributed by atoms with van der Waals surface area (Å²) in [5, 5.41) is 7.31. The van der Waals surface area contributed by atoms with Gasteiger partial charge in [-0.3, -0.25) is 4.79 Å². The molecule has 0 bridgehead atoms. The number of nitrogens with one attached hydrogen (secondary N) is 1. The van der Waals surface area contributed by atoms with E-state index in [1.807, 2.05) is 6.92 Å². The number of aryl methyl sites for hydroxylation is 3. The molecule has 1 fully saturated rings. The second-order valence-electron chi connectivity index (χ2n) is 6.49. The molecule has 24 heavy (non-hydrogen) atoms. The summed E-state index contributed by atoms with van der Waals surface area (Å²) < 4.78 is 11.4. The first-order valence-corrected chi connectivity index (χ1v) is 9.11. The van der Waals surface area contributed by atoms with Gasteiger partial charge < -0.3 is 14.3 Å². The Morgan fingerprint density at radius 1 is 1.12 bits per heavy atom.